The first kappa shape index (κ1) is 68.0. The van der Waals surface area contributed by atoms with E-state index in [1.165, 1.54) is 289 Å². The molecule has 1 amide bonds. The van der Waals surface area contributed by atoms with Crippen molar-refractivity contribution in [2.45, 2.75) is 379 Å². The van der Waals surface area contributed by atoms with E-state index in [0.717, 1.165) is 38.5 Å². The van der Waals surface area contributed by atoms with E-state index >= 15 is 0 Å². The van der Waals surface area contributed by atoms with E-state index in [1.807, 2.05) is 0 Å². The number of hydrogen-bond acceptors (Lipinski definition) is 5. The van der Waals surface area contributed by atoms with Crippen LogP contribution in [0.2, 0.25) is 0 Å². The van der Waals surface area contributed by atoms with E-state index in [4.69, 9.17) is 0 Å². The van der Waals surface area contributed by atoms with Gasteiger partial charge in [0.1, 0.15) is 12.2 Å². The first-order valence-electron chi connectivity index (χ1n) is 31.6. The molecule has 4 unspecified atom stereocenters. The summed E-state index contributed by atoms with van der Waals surface area (Å²) in [5, 5.41) is 44.1. The van der Waals surface area contributed by atoms with Gasteiger partial charge < -0.3 is 25.7 Å². The number of aliphatic hydroxyl groups excluding tert-OH is 4. The molecule has 0 bridgehead atoms. The molecule has 69 heavy (non-hydrogen) atoms. The van der Waals surface area contributed by atoms with Crippen molar-refractivity contribution in [1.82, 2.24) is 5.32 Å². The van der Waals surface area contributed by atoms with Crippen molar-refractivity contribution in [3.05, 3.63) is 12.2 Å². The Bertz CT molecular complexity index is 1010. The zero-order valence-electron chi connectivity index (χ0n) is 46.8. The molecule has 0 aliphatic carbocycles. The zero-order valence-corrected chi connectivity index (χ0v) is 46.8. The van der Waals surface area contributed by atoms with Crippen LogP contribution in [0.1, 0.15) is 354 Å². The highest BCUT2D eigenvalue weighted by Crippen LogP contribution is 2.19. The molecule has 0 aromatic heterocycles. The first-order valence-corrected chi connectivity index (χ1v) is 31.6. The molecule has 6 heteroatoms. The molecule has 0 aliphatic rings. The molecular formula is C63H125NO5. The van der Waals surface area contributed by atoms with Gasteiger partial charge in [0.2, 0.25) is 5.91 Å². The maximum Gasteiger partial charge on any atom is 0.249 e. The Labute approximate surface area is 432 Å². The standard InChI is InChI=1S/C63H125NO5/c1-3-5-7-9-11-13-15-17-19-21-23-25-27-29-31-33-34-36-38-40-42-44-46-48-50-52-54-56-60(66)62(68)59(58-65)64-63(69)61(67)57-55-53-51-49-47-45-43-41-39-37-35-32-30-28-26-24-22-20-18-16-14-12-10-8-6-4-2/h48,50,59-62,65-68H,3-47,49,51-58H2,1-2H3,(H,64,69)/b50-48+. The third-order valence-corrected chi connectivity index (χ3v) is 15.2. The number of nitrogens with one attached hydrogen (secondary N) is 1. The minimum Gasteiger partial charge on any atom is -0.394 e. The monoisotopic (exact) mass is 976 g/mol. The van der Waals surface area contributed by atoms with Gasteiger partial charge in [-0.05, 0) is 38.5 Å². The Morgan fingerprint density at radius 2 is 0.594 bits per heavy atom. The Hall–Kier alpha value is -0.950. The van der Waals surface area contributed by atoms with Gasteiger partial charge in [0.05, 0.1) is 18.8 Å². The molecular weight excluding hydrogens is 851 g/mol. The third-order valence-electron chi connectivity index (χ3n) is 15.2. The molecule has 4 atom stereocenters. The second kappa shape index (κ2) is 57.9. The van der Waals surface area contributed by atoms with Crippen molar-refractivity contribution in [2.24, 2.45) is 0 Å². The fourth-order valence-electron chi connectivity index (χ4n) is 10.3. The number of carbonyl (C=O) groups excluding carboxylic acids is 1. The molecule has 0 rings (SSSR count). The van der Waals surface area contributed by atoms with Crippen molar-refractivity contribution < 1.29 is 25.2 Å². The lowest BCUT2D eigenvalue weighted by atomic mass is 10.00. The second-order valence-corrected chi connectivity index (χ2v) is 22.1. The SMILES string of the molecule is CCCCCCCCCCCCCCCCCCCCCCCC/C=C/CCCC(O)C(O)C(CO)NC(=O)C(O)CCCCCCCCCCCCCCCCCCCCCCCCCCCC. The fraction of sp³-hybridized carbons (Fsp3) is 0.952. The van der Waals surface area contributed by atoms with Gasteiger partial charge in [-0.1, -0.05) is 328 Å². The largest absolute Gasteiger partial charge is 0.394 e. The van der Waals surface area contributed by atoms with E-state index in [1.54, 1.807) is 0 Å². The number of hydrogen-bond donors (Lipinski definition) is 5. The Morgan fingerprint density at radius 1 is 0.348 bits per heavy atom. The van der Waals surface area contributed by atoms with E-state index in [-0.39, 0.29) is 0 Å². The molecule has 6 nitrogen and oxygen atoms in total. The van der Waals surface area contributed by atoms with Crippen molar-refractivity contribution in [1.29, 1.82) is 0 Å². The predicted molar refractivity (Wildman–Crippen MR) is 302 cm³/mol. The van der Waals surface area contributed by atoms with Crippen molar-refractivity contribution in [2.75, 3.05) is 6.61 Å². The number of aliphatic hydroxyl groups is 4. The molecule has 0 heterocycles. The normalized spacial score (nSPS) is 13.7. The molecule has 0 aliphatic heterocycles. The van der Waals surface area contributed by atoms with Gasteiger partial charge in [-0.25, -0.2) is 0 Å². The van der Waals surface area contributed by atoms with Crippen LogP contribution < -0.4 is 5.32 Å². The van der Waals surface area contributed by atoms with Crippen LogP contribution >= 0.6 is 0 Å². The van der Waals surface area contributed by atoms with E-state index < -0.39 is 36.9 Å². The zero-order chi connectivity index (χ0) is 50.2. The van der Waals surface area contributed by atoms with E-state index in [2.05, 4.69) is 31.3 Å². The number of unbranched alkanes of at least 4 members (excludes halogenated alkanes) is 48. The highest BCUT2D eigenvalue weighted by Gasteiger charge is 2.28. The molecule has 0 radical (unpaired) electrons. The lowest BCUT2D eigenvalue weighted by Gasteiger charge is -2.27. The first-order chi connectivity index (χ1) is 34.0. The number of rotatable bonds is 59. The number of allylic oxidation sites excluding steroid dienone is 2. The van der Waals surface area contributed by atoms with Crippen LogP contribution in [0.4, 0.5) is 0 Å². The third kappa shape index (κ3) is 51.7. The quantitative estimate of drug-likeness (QED) is 0.0308. The van der Waals surface area contributed by atoms with Gasteiger partial charge in [-0.2, -0.15) is 0 Å². The molecule has 0 fully saturated rings. The molecule has 5 N–H and O–H groups in total. The Kier molecular flexibility index (Phi) is 57.1. The molecule has 0 aromatic rings. The summed E-state index contributed by atoms with van der Waals surface area (Å²) in [5.74, 6) is -0.585. The summed E-state index contributed by atoms with van der Waals surface area (Å²) in [4.78, 5) is 12.6. The lowest BCUT2D eigenvalue weighted by molar-refractivity contribution is -0.132. The summed E-state index contributed by atoms with van der Waals surface area (Å²) in [6.45, 7) is 4.10. The molecule has 0 aromatic carbocycles. The lowest BCUT2D eigenvalue weighted by Crippen LogP contribution is -2.53. The van der Waals surface area contributed by atoms with Gasteiger partial charge >= 0.3 is 0 Å². The topological polar surface area (TPSA) is 110 Å². The molecule has 0 spiro atoms. The minimum atomic E-state index is -1.28. The van der Waals surface area contributed by atoms with Gasteiger partial charge in [-0.15, -0.1) is 0 Å². The van der Waals surface area contributed by atoms with Crippen LogP contribution in [0.5, 0.6) is 0 Å². The molecule has 0 saturated carbocycles. The van der Waals surface area contributed by atoms with Crippen LogP contribution in [0.3, 0.4) is 0 Å². The second-order valence-electron chi connectivity index (χ2n) is 22.1. The summed E-state index contributed by atoms with van der Waals surface area (Å²) in [6.07, 6.45) is 70.3. The fourth-order valence-corrected chi connectivity index (χ4v) is 10.3. The van der Waals surface area contributed by atoms with Gasteiger partial charge in [0.25, 0.3) is 0 Å². The maximum atomic E-state index is 12.6. The summed E-state index contributed by atoms with van der Waals surface area (Å²) in [7, 11) is 0. The summed E-state index contributed by atoms with van der Waals surface area (Å²) in [6, 6.07) is -1.000. The molecule has 0 saturated heterocycles. The van der Waals surface area contributed by atoms with Crippen LogP contribution in [0, 0.1) is 0 Å². The van der Waals surface area contributed by atoms with Crippen LogP contribution in [0.15, 0.2) is 12.2 Å². The van der Waals surface area contributed by atoms with Crippen LogP contribution in [0.25, 0.3) is 0 Å². The van der Waals surface area contributed by atoms with Gasteiger partial charge in [-0.3, -0.25) is 4.79 Å². The number of amides is 1. The number of carbonyl (C=O) groups is 1. The Morgan fingerprint density at radius 3 is 0.870 bits per heavy atom. The van der Waals surface area contributed by atoms with Crippen LogP contribution in [-0.4, -0.2) is 57.3 Å². The average Bonchev–Trinajstić information content (AvgIpc) is 3.35. The van der Waals surface area contributed by atoms with E-state index in [0.29, 0.717) is 12.8 Å². The van der Waals surface area contributed by atoms with Crippen molar-refractivity contribution >= 4 is 5.91 Å². The van der Waals surface area contributed by atoms with Gasteiger partial charge in [0, 0.05) is 0 Å². The average molecular weight is 977 g/mol. The van der Waals surface area contributed by atoms with Crippen molar-refractivity contribution in [3.63, 3.8) is 0 Å². The Balaban J connectivity index is 3.58. The summed E-state index contributed by atoms with van der Waals surface area (Å²) < 4.78 is 0. The van der Waals surface area contributed by atoms with E-state index in [9.17, 15) is 25.2 Å². The highest BCUT2D eigenvalue weighted by atomic mass is 16.3. The maximum absolute atomic E-state index is 12.6. The minimum absolute atomic E-state index is 0.369. The van der Waals surface area contributed by atoms with Gasteiger partial charge in [0.15, 0.2) is 0 Å². The molecule has 412 valence electrons. The highest BCUT2D eigenvalue weighted by molar-refractivity contribution is 5.80. The predicted octanol–water partition coefficient (Wildman–Crippen LogP) is 18.8. The summed E-state index contributed by atoms with van der Waals surface area (Å²) >= 11 is 0. The van der Waals surface area contributed by atoms with Crippen molar-refractivity contribution in [3.8, 4) is 0 Å². The smallest absolute Gasteiger partial charge is 0.249 e. The van der Waals surface area contributed by atoms with Crippen LogP contribution in [-0.2, 0) is 4.79 Å². The summed E-state index contributed by atoms with van der Waals surface area (Å²) in [5.41, 5.74) is 0.